The van der Waals surface area contributed by atoms with Gasteiger partial charge in [-0.2, -0.15) is 5.26 Å². The van der Waals surface area contributed by atoms with Gasteiger partial charge >= 0.3 is 0 Å². The van der Waals surface area contributed by atoms with Gasteiger partial charge in [0.2, 0.25) is 6.79 Å². The molecule has 0 saturated carbocycles. The highest BCUT2D eigenvalue weighted by molar-refractivity contribution is 5.99. The number of fused-ring (bicyclic) bond motifs is 2. The normalized spacial score (nSPS) is 16.0. The van der Waals surface area contributed by atoms with Gasteiger partial charge in [0.25, 0.3) is 0 Å². The van der Waals surface area contributed by atoms with Gasteiger partial charge in [-0.3, -0.25) is 4.98 Å². The number of imidazole rings is 1. The van der Waals surface area contributed by atoms with Crippen LogP contribution in [0.5, 0.6) is 11.5 Å². The second-order valence-electron chi connectivity index (χ2n) is 9.23. The SMILES string of the molecule is CN1CCC(Cn2cnc3c(-c4ccc(C#N)c(F)c4)c(-c4ccc5c(c4)OCO5)ncc32)CC1. The summed E-state index contributed by atoms with van der Waals surface area (Å²) in [5, 5.41) is 9.20. The molecule has 0 atom stereocenters. The average molecular weight is 470 g/mol. The first-order valence-corrected chi connectivity index (χ1v) is 11.7. The van der Waals surface area contributed by atoms with E-state index in [4.69, 9.17) is 19.4 Å². The van der Waals surface area contributed by atoms with E-state index in [1.54, 1.807) is 6.07 Å². The van der Waals surface area contributed by atoms with Gasteiger partial charge in [0.15, 0.2) is 11.5 Å². The van der Waals surface area contributed by atoms with Gasteiger partial charge in [-0.1, -0.05) is 6.07 Å². The van der Waals surface area contributed by atoms with E-state index in [0.717, 1.165) is 54.6 Å². The maximum absolute atomic E-state index is 14.7. The van der Waals surface area contributed by atoms with Crippen molar-refractivity contribution in [2.45, 2.75) is 19.4 Å². The number of benzene rings is 2. The van der Waals surface area contributed by atoms with Crippen LogP contribution < -0.4 is 9.47 Å². The predicted octanol–water partition coefficient (Wildman–Crippen LogP) is 4.85. The zero-order valence-corrected chi connectivity index (χ0v) is 19.4. The molecule has 2 aliphatic rings. The Hall–Kier alpha value is -3.96. The Balaban J connectivity index is 1.49. The van der Waals surface area contributed by atoms with Gasteiger partial charge in [-0.25, -0.2) is 9.37 Å². The number of nitriles is 1. The summed E-state index contributed by atoms with van der Waals surface area (Å²) >= 11 is 0. The van der Waals surface area contributed by atoms with E-state index in [9.17, 15) is 9.65 Å². The number of piperidine rings is 1. The van der Waals surface area contributed by atoms with E-state index >= 15 is 0 Å². The van der Waals surface area contributed by atoms with Crippen molar-refractivity contribution in [3.8, 4) is 40.0 Å². The van der Waals surface area contributed by atoms with E-state index in [0.29, 0.717) is 28.7 Å². The van der Waals surface area contributed by atoms with Gasteiger partial charge in [0.1, 0.15) is 17.4 Å². The van der Waals surface area contributed by atoms with Crippen LogP contribution in [0.25, 0.3) is 33.4 Å². The summed E-state index contributed by atoms with van der Waals surface area (Å²) in [7, 11) is 2.16. The standard InChI is InChI=1S/C27H24FN5O2/c1-32-8-6-17(7-9-32)14-33-15-31-27-22(33)13-30-26(19-4-5-23-24(11-19)35-16-34-23)25(27)18-2-3-20(12-29)21(28)10-18/h2-5,10-11,13,15,17H,6-9,14,16H2,1H3. The Labute approximate surface area is 202 Å². The number of halogens is 1. The lowest BCUT2D eigenvalue weighted by atomic mass is 9.96. The summed E-state index contributed by atoms with van der Waals surface area (Å²) in [6.45, 7) is 3.25. The lowest BCUT2D eigenvalue weighted by Gasteiger charge is -2.29. The third kappa shape index (κ3) is 3.88. The van der Waals surface area contributed by atoms with Crippen molar-refractivity contribution in [3.05, 3.63) is 60.3 Å². The van der Waals surface area contributed by atoms with E-state index < -0.39 is 5.82 Å². The molecule has 0 aliphatic carbocycles. The molecule has 8 heteroatoms. The summed E-state index contributed by atoms with van der Waals surface area (Å²) in [6, 6.07) is 12.2. The van der Waals surface area contributed by atoms with Gasteiger partial charge < -0.3 is 18.9 Å². The molecule has 2 aromatic heterocycles. The minimum Gasteiger partial charge on any atom is -0.454 e. The maximum atomic E-state index is 14.7. The van der Waals surface area contributed by atoms with Gasteiger partial charge in [-0.05, 0) is 74.8 Å². The molecule has 4 heterocycles. The van der Waals surface area contributed by atoms with Crippen LogP contribution in [0.2, 0.25) is 0 Å². The summed E-state index contributed by atoms with van der Waals surface area (Å²) in [6.07, 6.45) is 6.00. The first kappa shape index (κ1) is 21.6. The van der Waals surface area contributed by atoms with Crippen molar-refractivity contribution in [1.82, 2.24) is 19.4 Å². The number of pyridine rings is 1. The zero-order chi connectivity index (χ0) is 23.9. The van der Waals surface area contributed by atoms with Gasteiger partial charge in [0, 0.05) is 17.7 Å². The molecule has 0 spiro atoms. The smallest absolute Gasteiger partial charge is 0.231 e. The Bertz CT molecular complexity index is 1470. The summed E-state index contributed by atoms with van der Waals surface area (Å²) in [4.78, 5) is 12.0. The highest BCUT2D eigenvalue weighted by Gasteiger charge is 2.23. The molecule has 1 fully saturated rings. The van der Waals surface area contributed by atoms with Gasteiger partial charge in [0.05, 0.1) is 29.3 Å². The third-order valence-corrected chi connectivity index (χ3v) is 6.99. The molecule has 0 amide bonds. The first-order valence-electron chi connectivity index (χ1n) is 11.7. The van der Waals surface area contributed by atoms with Gasteiger partial charge in [-0.15, -0.1) is 0 Å². The molecule has 0 N–H and O–H groups in total. The summed E-state index contributed by atoms with van der Waals surface area (Å²) in [5.41, 5.74) is 4.51. The molecule has 2 aliphatic heterocycles. The zero-order valence-electron chi connectivity index (χ0n) is 19.4. The number of aromatic nitrogens is 3. The maximum Gasteiger partial charge on any atom is 0.231 e. The topological polar surface area (TPSA) is 76.2 Å². The molecule has 0 unspecified atom stereocenters. The van der Waals surface area contributed by atoms with E-state index in [1.807, 2.05) is 36.8 Å². The van der Waals surface area contributed by atoms with Crippen molar-refractivity contribution in [1.29, 1.82) is 5.26 Å². The van der Waals surface area contributed by atoms with E-state index in [1.165, 1.54) is 12.1 Å². The second-order valence-corrected chi connectivity index (χ2v) is 9.23. The Morgan fingerprint density at radius 1 is 1.06 bits per heavy atom. The van der Waals surface area contributed by atoms with Crippen LogP contribution in [0.1, 0.15) is 18.4 Å². The summed E-state index contributed by atoms with van der Waals surface area (Å²) in [5.74, 6) is 1.34. The van der Waals surface area contributed by atoms with Crippen LogP contribution in [-0.4, -0.2) is 46.4 Å². The van der Waals surface area contributed by atoms with Crippen LogP contribution in [0.15, 0.2) is 48.9 Å². The molecule has 0 bridgehead atoms. The molecule has 35 heavy (non-hydrogen) atoms. The van der Waals surface area contributed by atoms with Crippen LogP contribution in [0.4, 0.5) is 4.39 Å². The molecule has 4 aromatic rings. The second kappa shape index (κ2) is 8.67. The Morgan fingerprint density at radius 3 is 2.66 bits per heavy atom. The van der Waals surface area contributed by atoms with Crippen LogP contribution in [-0.2, 0) is 6.54 Å². The van der Waals surface area contributed by atoms with Crippen molar-refractivity contribution in [3.63, 3.8) is 0 Å². The van der Waals surface area contributed by atoms with E-state index in [2.05, 4.69) is 16.5 Å². The molecular formula is C27H24FN5O2. The number of nitrogens with zero attached hydrogens (tertiary/aromatic N) is 5. The third-order valence-electron chi connectivity index (χ3n) is 6.99. The largest absolute Gasteiger partial charge is 0.454 e. The molecule has 7 nitrogen and oxygen atoms in total. The Morgan fingerprint density at radius 2 is 1.86 bits per heavy atom. The van der Waals surface area contributed by atoms with Crippen LogP contribution in [0.3, 0.4) is 0 Å². The van der Waals surface area contributed by atoms with Crippen molar-refractivity contribution >= 4 is 11.0 Å². The average Bonchev–Trinajstić information content (AvgIpc) is 3.51. The minimum atomic E-state index is -0.565. The lowest BCUT2D eigenvalue weighted by molar-refractivity contribution is 0.174. The van der Waals surface area contributed by atoms with Crippen molar-refractivity contribution < 1.29 is 13.9 Å². The number of rotatable bonds is 4. The highest BCUT2D eigenvalue weighted by atomic mass is 19.1. The Kier molecular flexibility index (Phi) is 5.34. The quantitative estimate of drug-likeness (QED) is 0.425. The van der Waals surface area contributed by atoms with Crippen LogP contribution >= 0.6 is 0 Å². The number of ether oxygens (including phenoxy) is 2. The van der Waals surface area contributed by atoms with Crippen LogP contribution in [0, 0.1) is 23.1 Å². The highest BCUT2D eigenvalue weighted by Crippen LogP contribution is 2.41. The number of hydrogen-bond donors (Lipinski definition) is 0. The van der Waals surface area contributed by atoms with Crippen molar-refractivity contribution in [2.75, 3.05) is 26.9 Å². The molecule has 6 rings (SSSR count). The fourth-order valence-corrected chi connectivity index (χ4v) is 4.99. The fraction of sp³-hybridized carbons (Fsp3) is 0.296. The minimum absolute atomic E-state index is 0.00584. The molecule has 2 aromatic carbocycles. The van der Waals surface area contributed by atoms with Crippen molar-refractivity contribution in [2.24, 2.45) is 5.92 Å². The fourth-order valence-electron chi connectivity index (χ4n) is 4.99. The molecular weight excluding hydrogens is 445 g/mol. The molecule has 0 radical (unpaired) electrons. The molecule has 176 valence electrons. The summed E-state index contributed by atoms with van der Waals surface area (Å²) < 4.78 is 27.9. The number of hydrogen-bond acceptors (Lipinski definition) is 6. The lowest BCUT2D eigenvalue weighted by Crippen LogP contribution is -2.31. The monoisotopic (exact) mass is 469 g/mol. The first-order chi connectivity index (χ1) is 17.1. The van der Waals surface area contributed by atoms with E-state index in [-0.39, 0.29) is 12.4 Å². The molecule has 1 saturated heterocycles. The predicted molar refractivity (Wildman–Crippen MR) is 129 cm³/mol. The number of likely N-dealkylation sites (tertiary alicyclic amines) is 1.